The van der Waals surface area contributed by atoms with Crippen molar-refractivity contribution in [1.82, 2.24) is 36.8 Å². The number of primary amides is 1. The molecule has 39 heteroatoms. The average molecular weight is 1460 g/mol. The van der Waals surface area contributed by atoms with E-state index in [2.05, 4.69) is 37.2 Å². The van der Waals surface area contributed by atoms with Gasteiger partial charge >= 0.3 is 36.6 Å². The number of imide groups is 1. The lowest BCUT2D eigenvalue weighted by Gasteiger charge is -2.25. The van der Waals surface area contributed by atoms with E-state index in [4.69, 9.17) is 67.3 Å². The minimum Gasteiger partial charge on any atom is -0.447 e. The van der Waals surface area contributed by atoms with Gasteiger partial charge in [-0.05, 0) is 73.6 Å². The van der Waals surface area contributed by atoms with Crippen LogP contribution >= 0.6 is 0 Å². The second kappa shape index (κ2) is 49.6. The first-order chi connectivity index (χ1) is 49.6. The van der Waals surface area contributed by atoms with Gasteiger partial charge in [-0.25, -0.2) is 28.8 Å². The van der Waals surface area contributed by atoms with E-state index < -0.39 is 113 Å². The largest absolute Gasteiger partial charge is 0.513 e. The van der Waals surface area contributed by atoms with Gasteiger partial charge in [0.15, 0.2) is 0 Å². The summed E-state index contributed by atoms with van der Waals surface area (Å²) < 4.78 is 68.1. The maximum Gasteiger partial charge on any atom is 0.513 e. The summed E-state index contributed by atoms with van der Waals surface area (Å²) in [6.45, 7) is 3.62. The summed E-state index contributed by atoms with van der Waals surface area (Å²) in [5.74, 6) is -2.75. The highest BCUT2D eigenvalue weighted by atomic mass is 16.7. The van der Waals surface area contributed by atoms with Crippen LogP contribution in [0.3, 0.4) is 0 Å². The van der Waals surface area contributed by atoms with Crippen molar-refractivity contribution in [3.63, 3.8) is 0 Å². The molecule has 0 aliphatic carbocycles. The molecule has 0 saturated heterocycles. The van der Waals surface area contributed by atoms with Gasteiger partial charge in [0.1, 0.15) is 62.7 Å². The first kappa shape index (κ1) is 84.5. The summed E-state index contributed by atoms with van der Waals surface area (Å²) in [6, 6.07) is 11.7. The third-order valence-corrected chi connectivity index (χ3v) is 13.7. The molecule has 3 aromatic carbocycles. The fraction of sp³-hybridized carbons (Fsp3) is 0.516. The van der Waals surface area contributed by atoms with E-state index in [9.17, 15) is 73.0 Å². The Morgan fingerprint density at radius 1 is 0.495 bits per heavy atom. The number of nitro groups is 2. The minimum atomic E-state index is -1.15. The van der Waals surface area contributed by atoms with Crippen molar-refractivity contribution in [1.29, 1.82) is 0 Å². The Labute approximate surface area is 590 Å². The van der Waals surface area contributed by atoms with E-state index >= 15 is 0 Å². The lowest BCUT2D eigenvalue weighted by molar-refractivity contribution is -0.385. The summed E-state index contributed by atoms with van der Waals surface area (Å²) in [6.07, 6.45) is -0.715. The lowest BCUT2D eigenvalue weighted by atomic mass is 10.0. The van der Waals surface area contributed by atoms with Crippen LogP contribution < -0.4 is 52.4 Å². The fourth-order valence-electron chi connectivity index (χ4n) is 8.49. The zero-order chi connectivity index (χ0) is 75.0. The normalized spacial score (nSPS) is 12.1. The molecule has 0 spiro atoms. The lowest BCUT2D eigenvalue weighted by Crippen LogP contribution is -2.54. The number of nitrogens with two attached hydrogens (primary N) is 1. The number of hydrogen-bond donors (Lipinski definition) is 8. The van der Waals surface area contributed by atoms with Crippen molar-refractivity contribution >= 4 is 83.2 Å². The highest BCUT2D eigenvalue weighted by Crippen LogP contribution is 2.20. The molecule has 39 nitrogen and oxygen atoms in total. The predicted octanol–water partition coefficient (Wildman–Crippen LogP) is 3.58. The van der Waals surface area contributed by atoms with Crippen molar-refractivity contribution in [3.05, 3.63) is 111 Å². The summed E-state index contributed by atoms with van der Waals surface area (Å²) in [5.41, 5.74) is 5.60. The second-order valence-corrected chi connectivity index (χ2v) is 22.0. The van der Waals surface area contributed by atoms with Gasteiger partial charge in [0.05, 0.1) is 89.1 Å². The number of ether oxygens (including phenoxy) is 13. The Hall–Kier alpha value is -10.9. The summed E-state index contributed by atoms with van der Waals surface area (Å²) in [7, 11) is 0. The molecular weight excluding hydrogens is 1370 g/mol. The van der Waals surface area contributed by atoms with Crippen LogP contribution in [-0.2, 0) is 82.7 Å². The number of hydrogen-bond acceptors (Lipinski definition) is 28. The van der Waals surface area contributed by atoms with Crippen molar-refractivity contribution in [2.24, 2.45) is 11.7 Å². The number of amides is 10. The Bertz CT molecular complexity index is 3090. The van der Waals surface area contributed by atoms with E-state index in [1.54, 1.807) is 13.8 Å². The number of non-ortho nitro benzene ring substituents is 2. The molecule has 2 atom stereocenters. The molecule has 0 aromatic heterocycles. The van der Waals surface area contributed by atoms with Gasteiger partial charge in [0.25, 0.3) is 23.2 Å². The van der Waals surface area contributed by atoms with Crippen LogP contribution in [0.4, 0.5) is 45.8 Å². The van der Waals surface area contributed by atoms with Gasteiger partial charge in [-0.15, -0.1) is 0 Å². The third kappa shape index (κ3) is 37.9. The van der Waals surface area contributed by atoms with Crippen LogP contribution in [0.2, 0.25) is 0 Å². The molecule has 1 aliphatic rings. The molecule has 0 fully saturated rings. The molecule has 0 bridgehead atoms. The third-order valence-electron chi connectivity index (χ3n) is 13.7. The number of urea groups is 1. The Morgan fingerprint density at radius 2 is 0.961 bits per heavy atom. The zero-order valence-corrected chi connectivity index (χ0v) is 56.8. The van der Waals surface area contributed by atoms with Crippen LogP contribution in [0, 0.1) is 26.1 Å². The molecule has 0 saturated carbocycles. The molecule has 10 amide bonds. The smallest absolute Gasteiger partial charge is 0.447 e. The van der Waals surface area contributed by atoms with E-state index in [-0.39, 0.29) is 173 Å². The predicted molar refractivity (Wildman–Crippen MR) is 356 cm³/mol. The van der Waals surface area contributed by atoms with Crippen LogP contribution in [0.1, 0.15) is 57.9 Å². The molecule has 1 aliphatic heterocycles. The van der Waals surface area contributed by atoms with Crippen molar-refractivity contribution in [2.75, 3.05) is 137 Å². The van der Waals surface area contributed by atoms with Crippen LogP contribution in [0.15, 0.2) is 84.9 Å². The van der Waals surface area contributed by atoms with Crippen LogP contribution in [0.5, 0.6) is 11.5 Å². The van der Waals surface area contributed by atoms with Gasteiger partial charge in [-0.3, -0.25) is 49.1 Å². The molecule has 103 heavy (non-hydrogen) atoms. The topological polar surface area (TPSA) is 508 Å². The van der Waals surface area contributed by atoms with Crippen molar-refractivity contribution in [2.45, 2.75) is 77.1 Å². The monoisotopic (exact) mass is 1460 g/mol. The van der Waals surface area contributed by atoms with Crippen LogP contribution in [-0.4, -0.2) is 231 Å². The molecule has 566 valence electrons. The van der Waals surface area contributed by atoms with Gasteiger partial charge < -0.3 is 105 Å². The molecule has 1 heterocycles. The zero-order valence-electron chi connectivity index (χ0n) is 56.8. The standard InChI is InChI=1S/C64H87N11O28/c1-44(2)56(72-53(76)8-4-3-5-26-73-54(77)21-22-55(73)78)58(80)71-52(7-6-23-66-59(65)81)57(79)69-46-11-9-45(10-12-46)41-99-62(84)70-47(42-100-60(82)67-24-27-91-29-31-93-33-35-95-37-39-97-63(85)102-50-17-13-48(14-18-50)74(87)88)43-101-61(83)68-25-28-92-30-32-94-34-36-96-38-40-98-64(86)103-51-19-15-49(16-20-51)75(89)90/h9-22,44,47,52,56H,3-8,23-43H2,1-2H3,(H,67,82)(H,68,83)(H,69,79)(H,70,84)(H,71,80)(H,72,76)(H3,65,66,81)/t52-,56-/m0/s1. The highest BCUT2D eigenvalue weighted by molar-refractivity contribution is 6.12. The number of nitrogens with one attached hydrogen (secondary N) is 7. The quantitative estimate of drug-likeness (QED) is 0.00761. The summed E-state index contributed by atoms with van der Waals surface area (Å²) in [4.78, 5) is 159. The number of rotatable bonds is 51. The van der Waals surface area contributed by atoms with Crippen LogP contribution in [0.25, 0.3) is 0 Å². The molecular formula is C64H87N11O28. The second-order valence-electron chi connectivity index (χ2n) is 22.0. The average Bonchev–Trinajstić information content (AvgIpc) is 1.81. The van der Waals surface area contributed by atoms with E-state index in [1.807, 2.05) is 0 Å². The van der Waals surface area contributed by atoms with Gasteiger partial charge in [-0.2, -0.15) is 0 Å². The van der Waals surface area contributed by atoms with Crippen molar-refractivity contribution < 1.29 is 124 Å². The molecule has 4 rings (SSSR count). The van der Waals surface area contributed by atoms with Gasteiger partial charge in [-0.1, -0.05) is 32.4 Å². The summed E-state index contributed by atoms with van der Waals surface area (Å²) in [5, 5.41) is 39.6. The van der Waals surface area contributed by atoms with Gasteiger partial charge in [0.2, 0.25) is 17.7 Å². The maximum absolute atomic E-state index is 13.7. The summed E-state index contributed by atoms with van der Waals surface area (Å²) >= 11 is 0. The van der Waals surface area contributed by atoms with E-state index in [0.717, 1.165) is 4.90 Å². The number of alkyl carbamates (subject to hydrolysis) is 3. The minimum absolute atomic E-state index is 0.000790. The number of nitrogens with zero attached hydrogens (tertiary/aromatic N) is 3. The molecule has 0 radical (unpaired) electrons. The Kier molecular flexibility index (Phi) is 40.7. The maximum atomic E-state index is 13.7. The Morgan fingerprint density at radius 3 is 1.42 bits per heavy atom. The number of carbonyl (C=O) groups excluding carboxylic acids is 11. The number of carbonyl (C=O) groups is 11. The van der Waals surface area contributed by atoms with Gasteiger partial charge in [0, 0.05) is 74.7 Å². The molecule has 0 unspecified atom stereocenters. The first-order valence-corrected chi connectivity index (χ1v) is 32.5. The van der Waals surface area contributed by atoms with E-state index in [0.29, 0.717) is 24.8 Å². The fourth-order valence-corrected chi connectivity index (χ4v) is 8.49. The Balaban J connectivity index is 1.18. The number of nitro benzene ring substituents is 2. The highest BCUT2D eigenvalue weighted by Gasteiger charge is 2.30. The first-order valence-electron chi connectivity index (χ1n) is 32.5. The van der Waals surface area contributed by atoms with E-state index in [1.165, 1.54) is 84.9 Å². The number of benzene rings is 3. The van der Waals surface area contributed by atoms with Crippen molar-refractivity contribution in [3.8, 4) is 11.5 Å². The number of unbranched alkanes of at least 4 members (excludes halogenated alkanes) is 2. The SMILES string of the molecule is CC(C)[C@H](NC(=O)CCCCCN1C(=O)C=CC1=O)C(=O)N[C@@H](CCCNC(N)=O)C(=O)Nc1ccc(COC(=O)NC(COC(=O)NCCOCCOCCOCCOC(=O)Oc2ccc([N+](=O)[O-])cc2)COC(=O)NCCOCCOCCOCCOC(=O)Oc2ccc([N+](=O)[O-])cc2)cc1. The molecule has 3 aromatic rings. The number of anilines is 1. The molecule has 9 N–H and O–H groups in total.